The van der Waals surface area contributed by atoms with Gasteiger partial charge in [-0.1, -0.05) is 13.8 Å². The Kier molecular flexibility index (Phi) is 4.92. The molecule has 3 nitrogen and oxygen atoms in total. The molecule has 0 amide bonds. The topological polar surface area (TPSA) is 58.3 Å². The van der Waals surface area contributed by atoms with E-state index in [-0.39, 0.29) is 5.41 Å². The number of aliphatic hydroxyl groups is 1. The van der Waals surface area contributed by atoms with E-state index in [1.807, 2.05) is 0 Å². The summed E-state index contributed by atoms with van der Waals surface area (Å²) >= 11 is 1.79. The summed E-state index contributed by atoms with van der Waals surface area (Å²) in [5, 5.41) is 14.7. The minimum Gasteiger partial charge on any atom is -0.390 e. The quantitative estimate of drug-likeness (QED) is 0.703. The smallest absolute Gasteiger partial charge is 0.0786 e. The molecule has 4 heteroatoms. The van der Waals surface area contributed by atoms with Crippen LogP contribution in [-0.4, -0.2) is 30.8 Å². The van der Waals surface area contributed by atoms with Gasteiger partial charge >= 0.3 is 0 Å². The highest BCUT2D eigenvalue weighted by Gasteiger charge is 2.23. The van der Waals surface area contributed by atoms with E-state index in [9.17, 15) is 5.11 Å². The van der Waals surface area contributed by atoms with Crippen LogP contribution in [0.5, 0.6) is 0 Å². The van der Waals surface area contributed by atoms with Crippen molar-refractivity contribution in [2.24, 2.45) is 5.73 Å². The molecule has 0 radical (unpaired) electrons. The maximum atomic E-state index is 9.36. The van der Waals surface area contributed by atoms with Gasteiger partial charge in [-0.25, -0.2) is 0 Å². The Bertz CT molecular complexity index is 323. The van der Waals surface area contributed by atoms with Crippen molar-refractivity contribution in [3.05, 3.63) is 21.9 Å². The largest absolute Gasteiger partial charge is 0.390 e. The molecule has 0 saturated heterocycles. The van der Waals surface area contributed by atoms with Crippen LogP contribution in [0, 0.1) is 6.92 Å². The van der Waals surface area contributed by atoms with Crippen molar-refractivity contribution in [1.82, 2.24) is 5.32 Å². The molecule has 1 heterocycles. The van der Waals surface area contributed by atoms with E-state index in [4.69, 9.17) is 5.73 Å². The Hall–Kier alpha value is -0.420. The van der Waals surface area contributed by atoms with Gasteiger partial charge in [-0.05, 0) is 23.9 Å². The van der Waals surface area contributed by atoms with Crippen molar-refractivity contribution >= 4 is 11.3 Å². The first-order chi connectivity index (χ1) is 7.47. The minimum atomic E-state index is -0.444. The third-order valence-electron chi connectivity index (χ3n) is 2.70. The Morgan fingerprint density at radius 3 is 2.75 bits per heavy atom. The van der Waals surface area contributed by atoms with Crippen molar-refractivity contribution in [3.8, 4) is 0 Å². The molecular formula is C12H22N2OS. The molecule has 0 aliphatic carbocycles. The number of nitrogens with two attached hydrogens (primary N) is 1. The monoisotopic (exact) mass is 242 g/mol. The molecule has 1 rings (SSSR count). The highest BCUT2D eigenvalue weighted by atomic mass is 32.1. The van der Waals surface area contributed by atoms with Crippen molar-refractivity contribution in [3.63, 3.8) is 0 Å². The molecule has 16 heavy (non-hydrogen) atoms. The van der Waals surface area contributed by atoms with Crippen LogP contribution in [0.25, 0.3) is 0 Å². The molecule has 1 aromatic rings. The minimum absolute atomic E-state index is 0.104. The SMILES string of the molecule is Cc1ccsc1C(C)(C)CNCC(O)CN. The summed E-state index contributed by atoms with van der Waals surface area (Å²) in [5.41, 5.74) is 6.80. The molecule has 0 aromatic carbocycles. The third-order valence-corrected chi connectivity index (χ3v) is 4.08. The fourth-order valence-corrected chi connectivity index (χ4v) is 2.83. The predicted octanol–water partition coefficient (Wildman–Crippen LogP) is 1.24. The van der Waals surface area contributed by atoms with Gasteiger partial charge in [0, 0.05) is 29.9 Å². The molecule has 1 aromatic heterocycles. The average molecular weight is 242 g/mol. The number of hydrogen-bond donors (Lipinski definition) is 3. The fourth-order valence-electron chi connectivity index (χ4n) is 1.78. The molecule has 1 unspecified atom stereocenters. The zero-order chi connectivity index (χ0) is 12.2. The van der Waals surface area contributed by atoms with Crippen molar-refractivity contribution in [2.75, 3.05) is 19.6 Å². The molecule has 0 spiro atoms. The van der Waals surface area contributed by atoms with Crippen LogP contribution < -0.4 is 11.1 Å². The third kappa shape index (κ3) is 3.56. The van der Waals surface area contributed by atoms with Crippen LogP contribution in [-0.2, 0) is 5.41 Å². The maximum absolute atomic E-state index is 9.36. The Balaban J connectivity index is 2.49. The Labute approximate surface area is 102 Å². The number of rotatable bonds is 6. The number of hydrogen-bond acceptors (Lipinski definition) is 4. The number of thiophene rings is 1. The Morgan fingerprint density at radius 2 is 2.25 bits per heavy atom. The lowest BCUT2D eigenvalue weighted by molar-refractivity contribution is 0.177. The summed E-state index contributed by atoms with van der Waals surface area (Å²) in [6.45, 7) is 8.30. The zero-order valence-electron chi connectivity index (χ0n) is 10.3. The zero-order valence-corrected chi connectivity index (χ0v) is 11.1. The van der Waals surface area contributed by atoms with E-state index in [1.165, 1.54) is 10.4 Å². The summed E-state index contributed by atoms with van der Waals surface area (Å²) in [4.78, 5) is 1.40. The van der Waals surface area contributed by atoms with Gasteiger partial charge < -0.3 is 16.2 Å². The number of aliphatic hydroxyl groups excluding tert-OH is 1. The van der Waals surface area contributed by atoms with Gasteiger partial charge in [0.05, 0.1) is 6.10 Å². The van der Waals surface area contributed by atoms with E-state index >= 15 is 0 Å². The van der Waals surface area contributed by atoms with Crippen LogP contribution >= 0.6 is 11.3 Å². The number of aryl methyl sites for hydroxylation is 1. The lowest BCUT2D eigenvalue weighted by Crippen LogP contribution is -2.39. The van der Waals surface area contributed by atoms with Crippen LogP contribution in [0.1, 0.15) is 24.3 Å². The van der Waals surface area contributed by atoms with Gasteiger partial charge in [-0.2, -0.15) is 0 Å². The van der Waals surface area contributed by atoms with Gasteiger partial charge in [0.15, 0.2) is 0 Å². The van der Waals surface area contributed by atoms with Crippen LogP contribution in [0.2, 0.25) is 0 Å². The molecule has 4 N–H and O–H groups in total. The summed E-state index contributed by atoms with van der Waals surface area (Å²) < 4.78 is 0. The first-order valence-corrected chi connectivity index (χ1v) is 6.49. The lowest BCUT2D eigenvalue weighted by Gasteiger charge is -2.25. The summed E-state index contributed by atoms with van der Waals surface area (Å²) in [6.07, 6.45) is -0.444. The van der Waals surface area contributed by atoms with E-state index in [1.54, 1.807) is 11.3 Å². The van der Waals surface area contributed by atoms with Gasteiger partial charge in [0.2, 0.25) is 0 Å². The summed E-state index contributed by atoms with van der Waals surface area (Å²) in [7, 11) is 0. The molecule has 92 valence electrons. The van der Waals surface area contributed by atoms with E-state index in [2.05, 4.69) is 37.5 Å². The molecule has 0 aliphatic heterocycles. The van der Waals surface area contributed by atoms with Gasteiger partial charge in [0.1, 0.15) is 0 Å². The summed E-state index contributed by atoms with van der Waals surface area (Å²) in [6, 6.07) is 2.15. The molecule has 0 fully saturated rings. The number of nitrogens with one attached hydrogen (secondary N) is 1. The normalized spacial score (nSPS) is 14.1. The second kappa shape index (κ2) is 5.77. The maximum Gasteiger partial charge on any atom is 0.0786 e. The molecule has 1 atom stereocenters. The fraction of sp³-hybridized carbons (Fsp3) is 0.667. The van der Waals surface area contributed by atoms with Crippen molar-refractivity contribution in [2.45, 2.75) is 32.3 Å². The predicted molar refractivity (Wildman–Crippen MR) is 70.0 cm³/mol. The van der Waals surface area contributed by atoms with E-state index in [0.29, 0.717) is 13.1 Å². The highest BCUT2D eigenvalue weighted by molar-refractivity contribution is 7.10. The van der Waals surface area contributed by atoms with Gasteiger partial charge in [0.25, 0.3) is 0 Å². The van der Waals surface area contributed by atoms with E-state index in [0.717, 1.165) is 6.54 Å². The molecule has 0 saturated carbocycles. The lowest BCUT2D eigenvalue weighted by atomic mass is 9.89. The van der Waals surface area contributed by atoms with Crippen LogP contribution in [0.3, 0.4) is 0 Å². The molecule has 0 aliphatic rings. The standard InChI is InChI=1S/C12H22N2OS/c1-9-4-5-16-11(9)12(2,3)8-14-7-10(15)6-13/h4-5,10,14-15H,6-8,13H2,1-3H3. The highest BCUT2D eigenvalue weighted by Crippen LogP contribution is 2.30. The summed E-state index contributed by atoms with van der Waals surface area (Å²) in [5.74, 6) is 0. The Morgan fingerprint density at radius 1 is 1.56 bits per heavy atom. The van der Waals surface area contributed by atoms with Crippen molar-refractivity contribution in [1.29, 1.82) is 0 Å². The van der Waals surface area contributed by atoms with E-state index < -0.39 is 6.10 Å². The first kappa shape index (κ1) is 13.6. The molecular weight excluding hydrogens is 220 g/mol. The average Bonchev–Trinajstić information content (AvgIpc) is 2.64. The van der Waals surface area contributed by atoms with Crippen molar-refractivity contribution < 1.29 is 5.11 Å². The van der Waals surface area contributed by atoms with Gasteiger partial charge in [-0.3, -0.25) is 0 Å². The first-order valence-electron chi connectivity index (χ1n) is 5.61. The molecule has 0 bridgehead atoms. The second-order valence-corrected chi connectivity index (χ2v) is 5.75. The van der Waals surface area contributed by atoms with Crippen LogP contribution in [0.15, 0.2) is 11.4 Å². The van der Waals surface area contributed by atoms with Gasteiger partial charge in [-0.15, -0.1) is 11.3 Å². The van der Waals surface area contributed by atoms with Crippen LogP contribution in [0.4, 0.5) is 0 Å². The second-order valence-electron chi connectivity index (χ2n) is 4.84.